The number of ether oxygens (including phenoxy) is 2. The number of esters is 2. The quantitative estimate of drug-likeness (QED) is 0.309. The Morgan fingerprint density at radius 1 is 0.889 bits per heavy atom. The van der Waals surface area contributed by atoms with E-state index in [2.05, 4.69) is 22.8 Å². The van der Waals surface area contributed by atoms with Crippen molar-refractivity contribution in [2.24, 2.45) is 0 Å². The van der Waals surface area contributed by atoms with Crippen LogP contribution in [0.3, 0.4) is 0 Å². The van der Waals surface area contributed by atoms with Gasteiger partial charge in [0.2, 0.25) is 0 Å². The molecule has 0 spiro atoms. The molecule has 0 bridgehead atoms. The highest BCUT2D eigenvalue weighted by molar-refractivity contribution is 6.01. The summed E-state index contributed by atoms with van der Waals surface area (Å²) in [6, 6.07) is 18.0. The molecule has 0 N–H and O–H groups in total. The summed E-state index contributed by atoms with van der Waals surface area (Å²) >= 11 is 0. The molecule has 1 aromatic heterocycles. The summed E-state index contributed by atoms with van der Waals surface area (Å²) in [6.45, 7) is 12.8. The number of para-hydroxylation sites is 2. The third-order valence-corrected chi connectivity index (χ3v) is 5.64. The second-order valence-electron chi connectivity index (χ2n) is 11.0. The maximum absolute atomic E-state index is 13.7. The fourth-order valence-corrected chi connectivity index (χ4v) is 4.40. The molecule has 0 saturated heterocycles. The smallest absolute Gasteiger partial charge is 0.355 e. The summed E-state index contributed by atoms with van der Waals surface area (Å²) in [5.41, 5.74) is 2.42. The van der Waals surface area contributed by atoms with E-state index in [1.165, 1.54) is 6.08 Å². The van der Waals surface area contributed by atoms with Crippen LogP contribution in [0.5, 0.6) is 0 Å². The molecule has 4 rings (SSSR count). The lowest BCUT2D eigenvalue weighted by atomic mass is 10.0. The van der Waals surface area contributed by atoms with Gasteiger partial charge in [0, 0.05) is 5.69 Å². The molecule has 188 valence electrons. The van der Waals surface area contributed by atoms with Gasteiger partial charge >= 0.3 is 11.9 Å². The van der Waals surface area contributed by atoms with Crippen LogP contribution in [0.25, 0.3) is 17.0 Å². The van der Waals surface area contributed by atoms with Crippen molar-refractivity contribution in [2.45, 2.75) is 65.8 Å². The SMILES string of the molecule is Cc1cc2ccccc2n1C1C=Cc2ccccc2N1/C(=C\C(=O)OC(C)(C)C)C(=O)OC(C)(C)C. The zero-order chi connectivity index (χ0) is 26.3. The van der Waals surface area contributed by atoms with E-state index in [9.17, 15) is 9.59 Å². The first kappa shape index (κ1) is 25.3. The number of aryl methyl sites for hydroxylation is 1. The molecule has 1 aliphatic rings. The zero-order valence-electron chi connectivity index (χ0n) is 22.0. The van der Waals surface area contributed by atoms with Gasteiger partial charge in [-0.05, 0) is 83.7 Å². The van der Waals surface area contributed by atoms with Gasteiger partial charge in [0.25, 0.3) is 0 Å². The van der Waals surface area contributed by atoms with E-state index in [1.807, 2.05) is 60.4 Å². The molecule has 0 saturated carbocycles. The summed E-state index contributed by atoms with van der Waals surface area (Å²) in [6.07, 6.45) is 4.92. The Morgan fingerprint density at radius 2 is 1.53 bits per heavy atom. The van der Waals surface area contributed by atoms with E-state index in [1.54, 1.807) is 41.5 Å². The minimum atomic E-state index is -0.749. The van der Waals surface area contributed by atoms with Crippen molar-refractivity contribution < 1.29 is 19.1 Å². The lowest BCUT2D eigenvalue weighted by Gasteiger charge is -2.38. The van der Waals surface area contributed by atoms with Crippen LogP contribution in [0, 0.1) is 6.92 Å². The van der Waals surface area contributed by atoms with Crippen LogP contribution < -0.4 is 4.90 Å². The van der Waals surface area contributed by atoms with Gasteiger partial charge in [-0.1, -0.05) is 42.5 Å². The van der Waals surface area contributed by atoms with Crippen molar-refractivity contribution in [3.05, 3.63) is 83.7 Å². The van der Waals surface area contributed by atoms with Crippen molar-refractivity contribution in [3.8, 4) is 0 Å². The molecule has 0 aliphatic carbocycles. The zero-order valence-corrected chi connectivity index (χ0v) is 22.0. The molecule has 36 heavy (non-hydrogen) atoms. The number of benzene rings is 2. The highest BCUT2D eigenvalue weighted by Crippen LogP contribution is 2.39. The molecule has 6 heteroatoms. The van der Waals surface area contributed by atoms with Crippen LogP contribution in [-0.2, 0) is 19.1 Å². The fourth-order valence-electron chi connectivity index (χ4n) is 4.40. The van der Waals surface area contributed by atoms with Crippen molar-refractivity contribution in [1.29, 1.82) is 0 Å². The van der Waals surface area contributed by atoms with E-state index in [4.69, 9.17) is 9.47 Å². The number of carbonyl (C=O) groups excluding carboxylic acids is 2. The number of rotatable bonds is 4. The standard InChI is InChI=1S/C30H34N2O4/c1-20-18-22-13-9-11-15-24(22)31(20)26-17-16-21-12-8-10-14-23(21)32(26)25(28(34)36-30(5,6)7)19-27(33)35-29(2,3)4/h8-19,26H,1-7H3/b25-19-. The highest BCUT2D eigenvalue weighted by Gasteiger charge is 2.35. The number of fused-ring (bicyclic) bond motifs is 2. The molecule has 1 atom stereocenters. The normalized spacial score (nSPS) is 16.1. The minimum Gasteiger partial charge on any atom is -0.457 e. The molecule has 2 aromatic carbocycles. The lowest BCUT2D eigenvalue weighted by Crippen LogP contribution is -2.39. The van der Waals surface area contributed by atoms with Crippen LogP contribution >= 0.6 is 0 Å². The predicted octanol–water partition coefficient (Wildman–Crippen LogP) is 6.55. The summed E-state index contributed by atoms with van der Waals surface area (Å²) in [5, 5.41) is 1.09. The monoisotopic (exact) mass is 486 g/mol. The van der Waals surface area contributed by atoms with Gasteiger partial charge in [0.1, 0.15) is 23.1 Å². The lowest BCUT2D eigenvalue weighted by molar-refractivity contribution is -0.152. The third kappa shape index (κ3) is 5.38. The Bertz CT molecular complexity index is 1370. The Hall–Kier alpha value is -3.80. The van der Waals surface area contributed by atoms with E-state index in [0.29, 0.717) is 0 Å². The summed E-state index contributed by atoms with van der Waals surface area (Å²) in [7, 11) is 0. The second kappa shape index (κ2) is 9.34. The van der Waals surface area contributed by atoms with Crippen molar-refractivity contribution in [3.63, 3.8) is 0 Å². The van der Waals surface area contributed by atoms with Gasteiger partial charge in [-0.2, -0.15) is 0 Å². The van der Waals surface area contributed by atoms with Gasteiger partial charge in [-0.25, -0.2) is 9.59 Å². The van der Waals surface area contributed by atoms with Crippen LogP contribution in [0.15, 0.2) is 72.4 Å². The summed E-state index contributed by atoms with van der Waals surface area (Å²) in [5.74, 6) is -1.21. The number of carbonyl (C=O) groups is 2. The Balaban J connectivity index is 1.94. The fraction of sp³-hybridized carbons (Fsp3) is 0.333. The van der Waals surface area contributed by atoms with E-state index in [0.717, 1.165) is 27.8 Å². The first-order valence-electron chi connectivity index (χ1n) is 12.2. The average molecular weight is 487 g/mol. The first-order chi connectivity index (χ1) is 16.8. The maximum Gasteiger partial charge on any atom is 0.355 e. The molecule has 1 aliphatic heterocycles. The molecule has 6 nitrogen and oxygen atoms in total. The number of aromatic nitrogens is 1. The van der Waals surface area contributed by atoms with Crippen LogP contribution in [0.2, 0.25) is 0 Å². The predicted molar refractivity (Wildman–Crippen MR) is 143 cm³/mol. The Kier molecular flexibility index (Phi) is 6.56. The molecule has 0 amide bonds. The van der Waals surface area contributed by atoms with Gasteiger partial charge in [0.05, 0.1) is 17.3 Å². The van der Waals surface area contributed by atoms with E-state index in [-0.39, 0.29) is 5.70 Å². The Morgan fingerprint density at radius 3 is 2.22 bits per heavy atom. The summed E-state index contributed by atoms with van der Waals surface area (Å²) < 4.78 is 13.5. The molecule has 1 unspecified atom stereocenters. The topological polar surface area (TPSA) is 60.8 Å². The number of nitrogens with zero attached hydrogens (tertiary/aromatic N) is 2. The number of hydrogen-bond donors (Lipinski definition) is 0. The number of hydrogen-bond acceptors (Lipinski definition) is 5. The van der Waals surface area contributed by atoms with Gasteiger partial charge < -0.3 is 18.9 Å². The van der Waals surface area contributed by atoms with Gasteiger partial charge in [-0.3, -0.25) is 0 Å². The van der Waals surface area contributed by atoms with Gasteiger partial charge in [-0.15, -0.1) is 0 Å². The minimum absolute atomic E-state index is 0.109. The van der Waals surface area contributed by atoms with Crippen molar-refractivity contribution >= 4 is 34.6 Å². The maximum atomic E-state index is 13.7. The molecule has 3 aromatic rings. The Labute approximate surface area is 212 Å². The second-order valence-corrected chi connectivity index (χ2v) is 11.0. The number of anilines is 1. The first-order valence-corrected chi connectivity index (χ1v) is 12.2. The van der Waals surface area contributed by atoms with Crippen LogP contribution in [-0.4, -0.2) is 27.7 Å². The molecular weight excluding hydrogens is 452 g/mol. The molecule has 0 fully saturated rings. The third-order valence-electron chi connectivity index (χ3n) is 5.64. The molecule has 2 heterocycles. The highest BCUT2D eigenvalue weighted by atomic mass is 16.6. The summed E-state index contributed by atoms with van der Waals surface area (Å²) in [4.78, 5) is 28.5. The average Bonchev–Trinajstić information content (AvgIpc) is 3.10. The van der Waals surface area contributed by atoms with E-state index >= 15 is 0 Å². The van der Waals surface area contributed by atoms with Crippen LogP contribution in [0.4, 0.5) is 5.69 Å². The largest absolute Gasteiger partial charge is 0.457 e. The van der Waals surface area contributed by atoms with E-state index < -0.39 is 29.3 Å². The van der Waals surface area contributed by atoms with Crippen LogP contribution in [0.1, 0.15) is 59.0 Å². The molecule has 0 radical (unpaired) electrons. The van der Waals surface area contributed by atoms with Crippen molar-refractivity contribution in [1.82, 2.24) is 4.57 Å². The van der Waals surface area contributed by atoms with Gasteiger partial charge in [0.15, 0.2) is 0 Å². The van der Waals surface area contributed by atoms with Crippen molar-refractivity contribution in [2.75, 3.05) is 4.90 Å². The molecular formula is C30H34N2O4.